The lowest BCUT2D eigenvalue weighted by atomic mass is 9.84. The Hall–Kier alpha value is -1.59. The van der Waals surface area contributed by atoms with Gasteiger partial charge in [-0.3, -0.25) is 4.79 Å². The summed E-state index contributed by atoms with van der Waals surface area (Å²) < 4.78 is 16.6. The highest BCUT2D eigenvalue weighted by molar-refractivity contribution is 5.78. The van der Waals surface area contributed by atoms with E-state index in [1.165, 1.54) is 5.56 Å². The van der Waals surface area contributed by atoms with E-state index >= 15 is 0 Å². The van der Waals surface area contributed by atoms with Crippen molar-refractivity contribution in [1.29, 1.82) is 0 Å². The Balaban J connectivity index is 1.41. The van der Waals surface area contributed by atoms with Crippen LogP contribution in [0.1, 0.15) is 31.2 Å². The monoisotopic (exact) mass is 319 g/mol. The highest BCUT2D eigenvalue weighted by Gasteiger charge is 2.41. The molecule has 0 aromatic heterocycles. The van der Waals surface area contributed by atoms with Crippen molar-refractivity contribution in [2.45, 2.75) is 37.9 Å². The van der Waals surface area contributed by atoms with E-state index in [1.54, 1.807) is 7.11 Å². The van der Waals surface area contributed by atoms with Gasteiger partial charge in [0.25, 0.3) is 0 Å². The molecular formula is C18H25NO4. The van der Waals surface area contributed by atoms with Gasteiger partial charge in [-0.25, -0.2) is 0 Å². The molecule has 2 aliphatic rings. The summed E-state index contributed by atoms with van der Waals surface area (Å²) in [6.07, 6.45) is 4.13. The zero-order valence-corrected chi connectivity index (χ0v) is 13.7. The van der Waals surface area contributed by atoms with Crippen LogP contribution in [0.2, 0.25) is 0 Å². The van der Waals surface area contributed by atoms with E-state index < -0.39 is 5.79 Å². The van der Waals surface area contributed by atoms with Gasteiger partial charge in [-0.05, 0) is 37.0 Å². The maximum atomic E-state index is 12.3. The molecule has 0 bridgehead atoms. The van der Waals surface area contributed by atoms with Crippen molar-refractivity contribution in [3.8, 4) is 5.75 Å². The van der Waals surface area contributed by atoms with Gasteiger partial charge in [0, 0.05) is 25.3 Å². The summed E-state index contributed by atoms with van der Waals surface area (Å²) in [6, 6.07) is 7.95. The Labute approximate surface area is 137 Å². The number of amides is 1. The smallest absolute Gasteiger partial charge is 0.223 e. The van der Waals surface area contributed by atoms with E-state index in [1.807, 2.05) is 24.3 Å². The molecule has 1 aliphatic carbocycles. The summed E-state index contributed by atoms with van der Waals surface area (Å²) in [5.41, 5.74) is 1.17. The lowest BCUT2D eigenvalue weighted by Gasteiger charge is -2.34. The Morgan fingerprint density at radius 2 is 2.04 bits per heavy atom. The highest BCUT2D eigenvalue weighted by atomic mass is 16.7. The van der Waals surface area contributed by atoms with Crippen LogP contribution < -0.4 is 10.1 Å². The minimum absolute atomic E-state index is 0.0822. The van der Waals surface area contributed by atoms with Gasteiger partial charge in [0.15, 0.2) is 5.79 Å². The van der Waals surface area contributed by atoms with Crippen molar-refractivity contribution in [2.24, 2.45) is 5.92 Å². The van der Waals surface area contributed by atoms with Crippen molar-refractivity contribution >= 4 is 5.91 Å². The molecule has 1 aliphatic heterocycles. The summed E-state index contributed by atoms with van der Waals surface area (Å²) in [4.78, 5) is 12.3. The average molecular weight is 319 g/mol. The minimum atomic E-state index is -0.391. The van der Waals surface area contributed by atoms with E-state index in [0.717, 1.165) is 37.9 Å². The molecule has 126 valence electrons. The van der Waals surface area contributed by atoms with Gasteiger partial charge in [-0.2, -0.15) is 0 Å². The summed E-state index contributed by atoms with van der Waals surface area (Å²) in [5.74, 6) is 0.694. The number of ether oxygens (including phenoxy) is 3. The number of hydrogen-bond acceptors (Lipinski definition) is 4. The van der Waals surface area contributed by atoms with Crippen molar-refractivity contribution in [2.75, 3.05) is 26.9 Å². The van der Waals surface area contributed by atoms with Crippen LogP contribution in [0.4, 0.5) is 0 Å². The molecule has 1 saturated carbocycles. The fraction of sp³-hybridized carbons (Fsp3) is 0.611. The molecule has 1 aromatic carbocycles. The quantitative estimate of drug-likeness (QED) is 0.905. The van der Waals surface area contributed by atoms with E-state index in [2.05, 4.69) is 5.32 Å². The maximum Gasteiger partial charge on any atom is 0.223 e. The molecule has 1 aromatic rings. The zero-order chi connectivity index (χ0) is 16.1. The molecule has 1 saturated heterocycles. The number of carbonyl (C=O) groups excluding carboxylic acids is 1. The van der Waals surface area contributed by atoms with Gasteiger partial charge in [-0.1, -0.05) is 12.1 Å². The molecule has 1 N–H and O–H groups in total. The molecular weight excluding hydrogens is 294 g/mol. The maximum absolute atomic E-state index is 12.3. The molecule has 2 fully saturated rings. The second-order valence-electron chi connectivity index (χ2n) is 6.27. The molecule has 0 unspecified atom stereocenters. The minimum Gasteiger partial charge on any atom is -0.497 e. The molecule has 0 atom stereocenters. The molecule has 3 rings (SSSR count). The van der Waals surface area contributed by atoms with E-state index in [4.69, 9.17) is 14.2 Å². The first kappa shape index (κ1) is 16.3. The van der Waals surface area contributed by atoms with Crippen LogP contribution in [0.3, 0.4) is 0 Å². The third-order valence-corrected chi connectivity index (χ3v) is 4.78. The average Bonchev–Trinajstić information content (AvgIpc) is 3.03. The van der Waals surface area contributed by atoms with Gasteiger partial charge < -0.3 is 19.5 Å². The van der Waals surface area contributed by atoms with Crippen LogP contribution in [0.5, 0.6) is 5.75 Å². The number of benzene rings is 1. The van der Waals surface area contributed by atoms with Crippen molar-refractivity contribution in [1.82, 2.24) is 5.32 Å². The highest BCUT2D eigenvalue weighted by Crippen LogP contribution is 2.38. The number of carbonyl (C=O) groups is 1. The fourth-order valence-electron chi connectivity index (χ4n) is 3.41. The molecule has 1 heterocycles. The second kappa shape index (κ2) is 7.32. The standard InChI is InChI=1S/C18H25NO4/c1-21-16-4-2-3-14(13-16)7-10-19-17(20)15-5-8-18(9-6-15)22-11-12-23-18/h2-4,13,15H,5-12H2,1H3,(H,19,20). The molecule has 5 nitrogen and oxygen atoms in total. The van der Waals surface area contributed by atoms with Gasteiger partial charge in [0.05, 0.1) is 20.3 Å². The van der Waals surface area contributed by atoms with E-state index in [0.29, 0.717) is 19.8 Å². The van der Waals surface area contributed by atoms with Gasteiger partial charge in [-0.15, -0.1) is 0 Å². The summed E-state index contributed by atoms with van der Waals surface area (Å²) in [7, 11) is 1.66. The van der Waals surface area contributed by atoms with Crippen molar-refractivity contribution in [3.05, 3.63) is 29.8 Å². The first-order valence-electron chi connectivity index (χ1n) is 8.39. The van der Waals surface area contributed by atoms with Gasteiger partial charge >= 0.3 is 0 Å². The van der Waals surface area contributed by atoms with Crippen LogP contribution >= 0.6 is 0 Å². The molecule has 1 amide bonds. The van der Waals surface area contributed by atoms with Crippen LogP contribution in [-0.2, 0) is 20.7 Å². The Morgan fingerprint density at radius 3 is 2.74 bits per heavy atom. The lowest BCUT2D eigenvalue weighted by molar-refractivity contribution is -0.183. The first-order valence-corrected chi connectivity index (χ1v) is 8.39. The second-order valence-corrected chi connectivity index (χ2v) is 6.27. The largest absolute Gasteiger partial charge is 0.497 e. The Morgan fingerprint density at radius 1 is 1.30 bits per heavy atom. The first-order chi connectivity index (χ1) is 11.2. The SMILES string of the molecule is COc1cccc(CCNC(=O)C2CCC3(CC2)OCCO3)c1. The molecule has 5 heteroatoms. The number of nitrogens with one attached hydrogen (secondary N) is 1. The molecule has 1 spiro atoms. The van der Waals surface area contributed by atoms with Crippen molar-refractivity contribution in [3.63, 3.8) is 0 Å². The zero-order valence-electron chi connectivity index (χ0n) is 13.7. The molecule has 23 heavy (non-hydrogen) atoms. The third-order valence-electron chi connectivity index (χ3n) is 4.78. The van der Waals surface area contributed by atoms with Crippen LogP contribution in [-0.4, -0.2) is 38.6 Å². The van der Waals surface area contributed by atoms with Gasteiger partial charge in [0.1, 0.15) is 5.75 Å². The number of hydrogen-bond donors (Lipinski definition) is 1. The predicted molar refractivity (Wildman–Crippen MR) is 86.3 cm³/mol. The summed E-state index contributed by atoms with van der Waals surface area (Å²) in [6.45, 7) is 2.01. The van der Waals surface area contributed by atoms with E-state index in [9.17, 15) is 4.79 Å². The van der Waals surface area contributed by atoms with Gasteiger partial charge in [0.2, 0.25) is 5.91 Å². The Kier molecular flexibility index (Phi) is 5.18. The normalized spacial score (nSPS) is 20.6. The van der Waals surface area contributed by atoms with Crippen LogP contribution in [0.25, 0.3) is 0 Å². The number of rotatable bonds is 5. The van der Waals surface area contributed by atoms with E-state index in [-0.39, 0.29) is 11.8 Å². The number of methoxy groups -OCH3 is 1. The lowest BCUT2D eigenvalue weighted by Crippen LogP contribution is -2.40. The topological polar surface area (TPSA) is 56.8 Å². The molecule has 0 radical (unpaired) electrons. The van der Waals surface area contributed by atoms with Crippen LogP contribution in [0, 0.1) is 5.92 Å². The predicted octanol–water partition coefficient (Wildman–Crippen LogP) is 2.29. The third kappa shape index (κ3) is 4.03. The Bertz CT molecular complexity index is 530. The summed E-state index contributed by atoms with van der Waals surface area (Å²) in [5, 5.41) is 3.06. The summed E-state index contributed by atoms with van der Waals surface area (Å²) >= 11 is 0. The van der Waals surface area contributed by atoms with Crippen molar-refractivity contribution < 1.29 is 19.0 Å². The fourth-order valence-corrected chi connectivity index (χ4v) is 3.41. The van der Waals surface area contributed by atoms with Crippen LogP contribution in [0.15, 0.2) is 24.3 Å².